The molecule has 0 spiro atoms. The Morgan fingerprint density at radius 3 is 2.76 bits per heavy atom. The van der Waals surface area contributed by atoms with Crippen LogP contribution in [0.2, 0.25) is 10.0 Å². The lowest BCUT2D eigenvalue weighted by atomic mass is 10.1. The van der Waals surface area contributed by atoms with Crippen LogP contribution < -0.4 is 5.32 Å². The Morgan fingerprint density at radius 1 is 1.29 bits per heavy atom. The third-order valence-corrected chi connectivity index (χ3v) is 3.38. The molecule has 0 aliphatic rings. The summed E-state index contributed by atoms with van der Waals surface area (Å²) in [5, 5.41) is 12.2. The van der Waals surface area contributed by atoms with Crippen molar-refractivity contribution in [3.63, 3.8) is 0 Å². The summed E-state index contributed by atoms with van der Waals surface area (Å²) in [7, 11) is 0. The van der Waals surface area contributed by atoms with Gasteiger partial charge in [0.15, 0.2) is 0 Å². The first-order valence-corrected chi connectivity index (χ1v) is 6.64. The second-order valence-electron chi connectivity index (χ2n) is 4.01. The molecule has 1 N–H and O–H groups in total. The molecule has 2 rings (SSSR count). The molecule has 1 amide bonds. The molecule has 0 bridgehead atoms. The van der Waals surface area contributed by atoms with Crippen molar-refractivity contribution in [2.45, 2.75) is 0 Å². The fraction of sp³-hybridized carbons (Fsp3) is 0. The number of pyridine rings is 1. The molecule has 0 radical (unpaired) electrons. The standard InChI is InChI=1S/C15H9Cl2N3O/c16-12-4-1-5-13(14(12)17)20-15(21)11(8-18)7-10-3-2-6-19-9-10/h1-7,9H,(H,20,21)/b11-7+. The van der Waals surface area contributed by atoms with Gasteiger partial charge in [-0.2, -0.15) is 5.26 Å². The van der Waals surface area contributed by atoms with Crippen LogP contribution in [0.1, 0.15) is 5.56 Å². The number of anilines is 1. The number of carbonyl (C=O) groups excluding carboxylic acids is 1. The van der Waals surface area contributed by atoms with Gasteiger partial charge in [0, 0.05) is 12.4 Å². The van der Waals surface area contributed by atoms with Gasteiger partial charge in [0.25, 0.3) is 5.91 Å². The predicted molar refractivity (Wildman–Crippen MR) is 82.9 cm³/mol. The van der Waals surface area contributed by atoms with Crippen LogP contribution in [0, 0.1) is 11.3 Å². The van der Waals surface area contributed by atoms with Crippen molar-refractivity contribution in [3.8, 4) is 6.07 Å². The number of amides is 1. The Hall–Kier alpha value is -2.35. The van der Waals surface area contributed by atoms with Crippen LogP contribution in [0.3, 0.4) is 0 Å². The number of nitrogens with zero attached hydrogens (tertiary/aromatic N) is 2. The molecule has 6 heteroatoms. The number of hydrogen-bond donors (Lipinski definition) is 1. The summed E-state index contributed by atoms with van der Waals surface area (Å²) in [6.07, 6.45) is 4.60. The van der Waals surface area contributed by atoms with Crippen molar-refractivity contribution in [1.82, 2.24) is 4.98 Å². The number of nitrogens with one attached hydrogen (secondary N) is 1. The highest BCUT2D eigenvalue weighted by atomic mass is 35.5. The SMILES string of the molecule is N#C/C(=C\c1cccnc1)C(=O)Nc1cccc(Cl)c1Cl. The molecule has 0 atom stereocenters. The van der Waals surface area contributed by atoms with Crippen molar-refractivity contribution in [3.05, 3.63) is 63.9 Å². The Morgan fingerprint density at radius 2 is 2.10 bits per heavy atom. The van der Waals surface area contributed by atoms with Crippen LogP contribution >= 0.6 is 23.2 Å². The third kappa shape index (κ3) is 3.82. The van der Waals surface area contributed by atoms with E-state index in [2.05, 4.69) is 10.3 Å². The van der Waals surface area contributed by atoms with Crippen LogP contribution in [0.15, 0.2) is 48.3 Å². The molecule has 21 heavy (non-hydrogen) atoms. The zero-order valence-electron chi connectivity index (χ0n) is 10.7. The van der Waals surface area contributed by atoms with Crippen molar-refractivity contribution >= 4 is 40.9 Å². The van der Waals surface area contributed by atoms with Crippen molar-refractivity contribution in [2.24, 2.45) is 0 Å². The number of nitriles is 1. The van der Waals surface area contributed by atoms with E-state index in [0.717, 1.165) is 0 Å². The van der Waals surface area contributed by atoms with Gasteiger partial charge in [-0.3, -0.25) is 9.78 Å². The lowest BCUT2D eigenvalue weighted by molar-refractivity contribution is -0.112. The Kier molecular flexibility index (Phi) is 4.94. The van der Waals surface area contributed by atoms with E-state index in [-0.39, 0.29) is 10.6 Å². The van der Waals surface area contributed by atoms with Crippen LogP contribution in [-0.4, -0.2) is 10.9 Å². The van der Waals surface area contributed by atoms with E-state index in [1.54, 1.807) is 42.7 Å². The van der Waals surface area contributed by atoms with E-state index >= 15 is 0 Å². The minimum atomic E-state index is -0.564. The maximum absolute atomic E-state index is 12.1. The Bertz CT molecular complexity index is 736. The zero-order chi connectivity index (χ0) is 15.2. The van der Waals surface area contributed by atoms with E-state index in [0.29, 0.717) is 16.3 Å². The minimum absolute atomic E-state index is 0.0564. The first-order chi connectivity index (χ1) is 10.1. The number of benzene rings is 1. The average Bonchev–Trinajstić information content (AvgIpc) is 2.50. The highest BCUT2D eigenvalue weighted by Gasteiger charge is 2.12. The predicted octanol–water partition coefficient (Wildman–Crippen LogP) is 3.93. The average molecular weight is 318 g/mol. The molecule has 104 valence electrons. The summed E-state index contributed by atoms with van der Waals surface area (Å²) in [5.41, 5.74) is 0.946. The van der Waals surface area contributed by atoms with Crippen LogP contribution in [0.5, 0.6) is 0 Å². The maximum atomic E-state index is 12.1. The van der Waals surface area contributed by atoms with E-state index in [1.165, 1.54) is 6.08 Å². The van der Waals surface area contributed by atoms with E-state index in [4.69, 9.17) is 28.5 Å². The van der Waals surface area contributed by atoms with Gasteiger partial charge in [0.05, 0.1) is 15.7 Å². The van der Waals surface area contributed by atoms with Gasteiger partial charge >= 0.3 is 0 Å². The Balaban J connectivity index is 2.24. The first-order valence-electron chi connectivity index (χ1n) is 5.89. The number of hydrogen-bond acceptors (Lipinski definition) is 3. The normalized spacial score (nSPS) is 10.8. The van der Waals surface area contributed by atoms with Gasteiger partial charge in [0.1, 0.15) is 11.6 Å². The number of carbonyl (C=O) groups is 1. The summed E-state index contributed by atoms with van der Waals surface area (Å²) < 4.78 is 0. The number of rotatable bonds is 3. The molecule has 0 aliphatic heterocycles. The molecule has 0 saturated carbocycles. The fourth-order valence-corrected chi connectivity index (χ4v) is 1.91. The van der Waals surface area contributed by atoms with Crippen LogP contribution in [-0.2, 0) is 4.79 Å². The van der Waals surface area contributed by atoms with Gasteiger partial charge < -0.3 is 5.32 Å². The first kappa shape index (κ1) is 15.0. The van der Waals surface area contributed by atoms with E-state index in [9.17, 15) is 4.79 Å². The smallest absolute Gasteiger partial charge is 0.266 e. The molecule has 4 nitrogen and oxygen atoms in total. The fourth-order valence-electron chi connectivity index (χ4n) is 1.57. The molecular formula is C15H9Cl2N3O. The molecule has 0 fully saturated rings. The highest BCUT2D eigenvalue weighted by molar-refractivity contribution is 6.44. The highest BCUT2D eigenvalue weighted by Crippen LogP contribution is 2.29. The van der Waals surface area contributed by atoms with Gasteiger partial charge in [0.2, 0.25) is 0 Å². The van der Waals surface area contributed by atoms with Crippen LogP contribution in [0.25, 0.3) is 6.08 Å². The van der Waals surface area contributed by atoms with E-state index in [1.807, 2.05) is 6.07 Å². The van der Waals surface area contributed by atoms with Crippen molar-refractivity contribution < 1.29 is 4.79 Å². The molecule has 2 aromatic rings. The van der Waals surface area contributed by atoms with Crippen molar-refractivity contribution in [2.75, 3.05) is 5.32 Å². The molecule has 0 unspecified atom stereocenters. The van der Waals surface area contributed by atoms with Crippen LogP contribution in [0.4, 0.5) is 5.69 Å². The molecular weight excluding hydrogens is 309 g/mol. The minimum Gasteiger partial charge on any atom is -0.320 e. The van der Waals surface area contributed by atoms with Gasteiger partial charge in [-0.15, -0.1) is 0 Å². The summed E-state index contributed by atoms with van der Waals surface area (Å²) in [6, 6.07) is 10.2. The van der Waals surface area contributed by atoms with Gasteiger partial charge in [-0.05, 0) is 29.8 Å². The molecule has 1 aromatic carbocycles. The second-order valence-corrected chi connectivity index (χ2v) is 4.80. The lowest BCUT2D eigenvalue weighted by Gasteiger charge is -2.07. The van der Waals surface area contributed by atoms with Gasteiger partial charge in [-0.1, -0.05) is 35.3 Å². The second kappa shape index (κ2) is 6.89. The molecule has 1 aromatic heterocycles. The lowest BCUT2D eigenvalue weighted by Crippen LogP contribution is -2.13. The number of aromatic nitrogens is 1. The number of halogens is 2. The van der Waals surface area contributed by atoms with Gasteiger partial charge in [-0.25, -0.2) is 0 Å². The van der Waals surface area contributed by atoms with Crippen molar-refractivity contribution in [1.29, 1.82) is 5.26 Å². The Labute approximate surface area is 131 Å². The summed E-state index contributed by atoms with van der Waals surface area (Å²) in [6.45, 7) is 0. The zero-order valence-corrected chi connectivity index (χ0v) is 12.2. The maximum Gasteiger partial charge on any atom is 0.266 e. The largest absolute Gasteiger partial charge is 0.320 e. The molecule has 1 heterocycles. The molecule has 0 saturated heterocycles. The summed E-state index contributed by atoms with van der Waals surface area (Å²) in [4.78, 5) is 16.0. The third-order valence-electron chi connectivity index (χ3n) is 2.56. The summed E-state index contributed by atoms with van der Waals surface area (Å²) in [5.74, 6) is -0.564. The quantitative estimate of drug-likeness (QED) is 0.689. The topological polar surface area (TPSA) is 65.8 Å². The monoisotopic (exact) mass is 317 g/mol. The molecule has 0 aliphatic carbocycles. The van der Waals surface area contributed by atoms with E-state index < -0.39 is 5.91 Å². The summed E-state index contributed by atoms with van der Waals surface area (Å²) >= 11 is 11.9.